The largest absolute Gasteiger partial charge is 0.462 e. The summed E-state index contributed by atoms with van der Waals surface area (Å²) in [5.74, 6) is 1.08. The van der Waals surface area contributed by atoms with E-state index in [4.69, 9.17) is 9.72 Å². The van der Waals surface area contributed by atoms with E-state index in [1.165, 1.54) is 17.0 Å². The van der Waals surface area contributed by atoms with Crippen molar-refractivity contribution in [2.24, 2.45) is 5.92 Å². The molecule has 28 heavy (non-hydrogen) atoms. The first-order valence-corrected chi connectivity index (χ1v) is 9.79. The maximum atomic E-state index is 12.0. The second-order valence-corrected chi connectivity index (χ2v) is 7.55. The summed E-state index contributed by atoms with van der Waals surface area (Å²) in [6.07, 6.45) is 1.67. The molecule has 1 unspecified atom stereocenters. The fourth-order valence-electron chi connectivity index (χ4n) is 3.44. The molecule has 0 aliphatic heterocycles. The highest BCUT2D eigenvalue weighted by Crippen LogP contribution is 2.19. The van der Waals surface area contributed by atoms with Crippen molar-refractivity contribution in [1.82, 2.24) is 9.55 Å². The molecule has 0 bridgehead atoms. The summed E-state index contributed by atoms with van der Waals surface area (Å²) in [5.41, 5.74) is 5.24. The lowest BCUT2D eigenvalue weighted by Gasteiger charge is -2.15. The highest BCUT2D eigenvalue weighted by atomic mass is 16.5. The Morgan fingerprint density at radius 3 is 2.39 bits per heavy atom. The molecule has 0 radical (unpaired) electrons. The molecule has 0 spiro atoms. The lowest BCUT2D eigenvalue weighted by atomic mass is 10.0. The molecular weight excluding hydrogens is 348 g/mol. The van der Waals surface area contributed by atoms with Gasteiger partial charge in [0.2, 0.25) is 0 Å². The van der Waals surface area contributed by atoms with Gasteiger partial charge in [0, 0.05) is 17.1 Å². The molecule has 0 aliphatic rings. The molecule has 3 rings (SSSR count). The second kappa shape index (κ2) is 8.87. The lowest BCUT2D eigenvalue weighted by molar-refractivity contribution is 0.0485. The number of hydrogen-bond acceptors (Lipinski definition) is 3. The summed E-state index contributed by atoms with van der Waals surface area (Å²) in [6, 6.07) is 17.6. The van der Waals surface area contributed by atoms with Crippen LogP contribution in [-0.4, -0.2) is 22.1 Å². The Bertz CT molecular complexity index is 925. The standard InChI is InChI=1S/C24H28N2O2/c1-17(12-13-28-24(27)21-8-6-5-7-9-21)14-22-15-18(2)16-23(25-22)26-19(3)10-11-20(26)4/h5-11,15-17H,12-14H2,1-4H3. The van der Waals surface area contributed by atoms with Gasteiger partial charge in [-0.2, -0.15) is 0 Å². The Balaban J connectivity index is 1.60. The van der Waals surface area contributed by atoms with Gasteiger partial charge in [-0.3, -0.25) is 0 Å². The fraction of sp³-hybridized carbons (Fsp3) is 0.333. The molecule has 0 N–H and O–H groups in total. The normalized spacial score (nSPS) is 12.0. The topological polar surface area (TPSA) is 44.1 Å². The van der Waals surface area contributed by atoms with Gasteiger partial charge < -0.3 is 9.30 Å². The van der Waals surface area contributed by atoms with E-state index in [1.54, 1.807) is 12.1 Å². The van der Waals surface area contributed by atoms with Crippen LogP contribution in [0.5, 0.6) is 0 Å². The molecular formula is C24H28N2O2. The molecule has 4 nitrogen and oxygen atoms in total. The summed E-state index contributed by atoms with van der Waals surface area (Å²) < 4.78 is 7.59. The number of aryl methyl sites for hydroxylation is 3. The van der Waals surface area contributed by atoms with Gasteiger partial charge in [0.1, 0.15) is 5.82 Å². The number of benzene rings is 1. The molecule has 0 saturated heterocycles. The molecule has 0 fully saturated rings. The Morgan fingerprint density at radius 2 is 1.71 bits per heavy atom. The molecule has 0 saturated carbocycles. The molecule has 4 heteroatoms. The first kappa shape index (κ1) is 19.9. The number of ether oxygens (including phenoxy) is 1. The first-order valence-electron chi connectivity index (χ1n) is 9.79. The number of carbonyl (C=O) groups excluding carboxylic acids is 1. The Hall–Kier alpha value is -2.88. The Kier molecular flexibility index (Phi) is 6.30. The maximum absolute atomic E-state index is 12.0. The van der Waals surface area contributed by atoms with Crippen LogP contribution in [0.4, 0.5) is 0 Å². The van der Waals surface area contributed by atoms with Crippen molar-refractivity contribution in [2.45, 2.75) is 40.5 Å². The average molecular weight is 377 g/mol. The van der Waals surface area contributed by atoms with Crippen molar-refractivity contribution < 1.29 is 9.53 Å². The molecule has 2 aromatic heterocycles. The molecule has 2 heterocycles. The van der Waals surface area contributed by atoms with Gasteiger partial charge in [-0.05, 0) is 81.5 Å². The number of nitrogens with zero attached hydrogens (tertiary/aromatic N) is 2. The number of pyridine rings is 1. The summed E-state index contributed by atoms with van der Waals surface area (Å²) in [5, 5.41) is 0. The van der Waals surface area contributed by atoms with Crippen LogP contribution in [0.1, 0.15) is 46.3 Å². The van der Waals surface area contributed by atoms with E-state index in [9.17, 15) is 4.79 Å². The van der Waals surface area contributed by atoms with Gasteiger partial charge in [-0.15, -0.1) is 0 Å². The fourth-order valence-corrected chi connectivity index (χ4v) is 3.44. The summed E-state index contributed by atoms with van der Waals surface area (Å²) in [6.45, 7) is 8.89. The van der Waals surface area contributed by atoms with E-state index >= 15 is 0 Å². The van der Waals surface area contributed by atoms with Crippen molar-refractivity contribution in [3.63, 3.8) is 0 Å². The van der Waals surface area contributed by atoms with Gasteiger partial charge in [0.05, 0.1) is 12.2 Å². The van der Waals surface area contributed by atoms with Crippen molar-refractivity contribution in [3.8, 4) is 5.82 Å². The number of esters is 1. The zero-order valence-electron chi connectivity index (χ0n) is 17.1. The lowest BCUT2D eigenvalue weighted by Crippen LogP contribution is -2.11. The van der Waals surface area contributed by atoms with Crippen LogP contribution >= 0.6 is 0 Å². The number of rotatable bonds is 7. The van der Waals surface area contributed by atoms with Crippen molar-refractivity contribution >= 4 is 5.97 Å². The molecule has 1 aromatic carbocycles. The van der Waals surface area contributed by atoms with E-state index in [-0.39, 0.29) is 5.97 Å². The van der Waals surface area contributed by atoms with Crippen LogP contribution in [0.15, 0.2) is 54.6 Å². The van der Waals surface area contributed by atoms with Crippen molar-refractivity contribution in [1.29, 1.82) is 0 Å². The van der Waals surface area contributed by atoms with Gasteiger partial charge >= 0.3 is 5.97 Å². The minimum absolute atomic E-state index is 0.262. The van der Waals surface area contributed by atoms with Gasteiger partial charge in [0.15, 0.2) is 0 Å². The van der Waals surface area contributed by atoms with E-state index in [0.29, 0.717) is 18.1 Å². The minimum Gasteiger partial charge on any atom is -0.462 e. The SMILES string of the molecule is Cc1cc(CC(C)CCOC(=O)c2ccccc2)nc(-n2c(C)ccc2C)c1. The van der Waals surface area contributed by atoms with Crippen LogP contribution in [0.25, 0.3) is 5.82 Å². The summed E-state index contributed by atoms with van der Waals surface area (Å²) >= 11 is 0. The third kappa shape index (κ3) is 4.89. The second-order valence-electron chi connectivity index (χ2n) is 7.55. The highest BCUT2D eigenvalue weighted by molar-refractivity contribution is 5.89. The predicted octanol–water partition coefficient (Wildman–Crippen LogP) is 5.22. The molecule has 0 amide bonds. The first-order chi connectivity index (χ1) is 13.4. The summed E-state index contributed by atoms with van der Waals surface area (Å²) in [7, 11) is 0. The van der Waals surface area contributed by atoms with Gasteiger partial charge in [0.25, 0.3) is 0 Å². The monoisotopic (exact) mass is 376 g/mol. The highest BCUT2D eigenvalue weighted by Gasteiger charge is 2.12. The van der Waals surface area contributed by atoms with Gasteiger partial charge in [-0.1, -0.05) is 25.1 Å². The maximum Gasteiger partial charge on any atom is 0.338 e. The smallest absolute Gasteiger partial charge is 0.338 e. The van der Waals surface area contributed by atoms with Crippen LogP contribution in [-0.2, 0) is 11.2 Å². The third-order valence-electron chi connectivity index (χ3n) is 4.92. The molecule has 0 aliphatic carbocycles. The van der Waals surface area contributed by atoms with Crippen molar-refractivity contribution in [3.05, 3.63) is 82.8 Å². The summed E-state index contributed by atoms with van der Waals surface area (Å²) in [4.78, 5) is 16.9. The molecule has 1 atom stereocenters. The van der Waals surface area contributed by atoms with Crippen molar-refractivity contribution in [2.75, 3.05) is 6.61 Å². The quantitative estimate of drug-likeness (QED) is 0.531. The number of hydrogen-bond donors (Lipinski definition) is 0. The Labute approximate surface area is 167 Å². The molecule has 3 aromatic rings. The zero-order chi connectivity index (χ0) is 20.1. The minimum atomic E-state index is -0.262. The molecule has 146 valence electrons. The van der Waals surface area contributed by atoms with E-state index in [2.05, 4.69) is 56.5 Å². The van der Waals surface area contributed by atoms with Crippen LogP contribution in [0.2, 0.25) is 0 Å². The van der Waals surface area contributed by atoms with Gasteiger partial charge in [-0.25, -0.2) is 9.78 Å². The zero-order valence-corrected chi connectivity index (χ0v) is 17.1. The number of aromatic nitrogens is 2. The van der Waals surface area contributed by atoms with Crippen LogP contribution < -0.4 is 0 Å². The average Bonchev–Trinajstić information content (AvgIpc) is 3.00. The van der Waals surface area contributed by atoms with E-state index in [0.717, 1.165) is 24.4 Å². The number of carbonyl (C=O) groups is 1. The third-order valence-corrected chi connectivity index (χ3v) is 4.92. The van der Waals surface area contributed by atoms with Crippen LogP contribution in [0, 0.1) is 26.7 Å². The Morgan fingerprint density at radius 1 is 1.04 bits per heavy atom. The predicted molar refractivity (Wildman–Crippen MR) is 112 cm³/mol. The van der Waals surface area contributed by atoms with Crippen LogP contribution in [0.3, 0.4) is 0 Å². The van der Waals surface area contributed by atoms with E-state index < -0.39 is 0 Å². The van der Waals surface area contributed by atoms with E-state index in [1.807, 2.05) is 18.2 Å².